The quantitative estimate of drug-likeness (QED) is 0.706. The molecule has 16 heavy (non-hydrogen) atoms. The zero-order chi connectivity index (χ0) is 11.5. The highest BCUT2D eigenvalue weighted by Crippen LogP contribution is 2.39. The molecule has 2 rings (SSSR count). The Kier molecular flexibility index (Phi) is 4.54. The molecule has 1 aromatic rings. The van der Waals surface area contributed by atoms with Crippen molar-refractivity contribution in [1.82, 2.24) is 0 Å². The van der Waals surface area contributed by atoms with Gasteiger partial charge in [-0.15, -0.1) is 0 Å². The molecule has 1 fully saturated rings. The molecule has 1 heterocycles. The molecule has 1 aliphatic rings. The number of hydrogen-bond donors (Lipinski definition) is 0. The third kappa shape index (κ3) is 2.92. The molecular formula is C12H13BrCl2O. The second-order valence-electron chi connectivity index (χ2n) is 4.04. The average Bonchev–Trinajstić information content (AvgIpc) is 2.32. The van der Waals surface area contributed by atoms with E-state index in [1.165, 1.54) is 6.42 Å². The number of halogens is 3. The van der Waals surface area contributed by atoms with E-state index in [1.807, 2.05) is 18.2 Å². The molecule has 2 unspecified atom stereocenters. The lowest BCUT2D eigenvalue weighted by atomic mass is 9.94. The zero-order valence-corrected chi connectivity index (χ0v) is 11.9. The maximum absolute atomic E-state index is 6.18. The molecule has 0 spiro atoms. The summed E-state index contributed by atoms with van der Waals surface area (Å²) in [7, 11) is 0. The van der Waals surface area contributed by atoms with E-state index in [4.69, 9.17) is 27.9 Å². The lowest BCUT2D eigenvalue weighted by Crippen LogP contribution is -2.21. The molecule has 2 atom stereocenters. The SMILES string of the molecule is Clc1ccc(Cl)c(C(Br)C2CCCOC2)c1. The predicted molar refractivity (Wildman–Crippen MR) is 71.7 cm³/mol. The monoisotopic (exact) mass is 322 g/mol. The predicted octanol–water partition coefficient (Wildman–Crippen LogP) is 4.86. The topological polar surface area (TPSA) is 9.23 Å². The molecule has 4 heteroatoms. The van der Waals surface area contributed by atoms with Crippen LogP contribution in [-0.2, 0) is 4.74 Å². The second-order valence-corrected chi connectivity index (χ2v) is 5.87. The van der Waals surface area contributed by atoms with Crippen molar-refractivity contribution in [3.05, 3.63) is 33.8 Å². The highest BCUT2D eigenvalue weighted by atomic mass is 79.9. The van der Waals surface area contributed by atoms with Crippen LogP contribution in [0.15, 0.2) is 18.2 Å². The molecule has 0 bridgehead atoms. The van der Waals surface area contributed by atoms with Crippen LogP contribution in [0.2, 0.25) is 10.0 Å². The fraction of sp³-hybridized carbons (Fsp3) is 0.500. The van der Waals surface area contributed by atoms with Gasteiger partial charge >= 0.3 is 0 Å². The van der Waals surface area contributed by atoms with Gasteiger partial charge in [0.1, 0.15) is 0 Å². The van der Waals surface area contributed by atoms with Crippen molar-refractivity contribution in [1.29, 1.82) is 0 Å². The van der Waals surface area contributed by atoms with Gasteiger partial charge in [0.2, 0.25) is 0 Å². The second kappa shape index (κ2) is 5.72. The summed E-state index contributed by atoms with van der Waals surface area (Å²) >= 11 is 15.9. The summed E-state index contributed by atoms with van der Waals surface area (Å²) in [6, 6.07) is 5.58. The first-order chi connectivity index (χ1) is 7.68. The number of hydrogen-bond acceptors (Lipinski definition) is 1. The van der Waals surface area contributed by atoms with E-state index in [9.17, 15) is 0 Å². The Labute approximate surface area is 114 Å². The van der Waals surface area contributed by atoms with E-state index >= 15 is 0 Å². The summed E-state index contributed by atoms with van der Waals surface area (Å²) in [5, 5.41) is 1.48. The standard InChI is InChI=1S/C12H13BrCl2O/c13-12(8-2-1-5-16-7-8)10-6-9(14)3-4-11(10)15/h3-4,6,8,12H,1-2,5,7H2. The molecule has 0 radical (unpaired) electrons. The fourth-order valence-corrected chi connectivity index (χ4v) is 3.32. The minimum absolute atomic E-state index is 0.221. The molecule has 1 aromatic carbocycles. The Morgan fingerprint density at radius 1 is 1.38 bits per heavy atom. The Bertz CT molecular complexity index is 364. The minimum atomic E-state index is 0.221. The molecule has 0 aromatic heterocycles. The van der Waals surface area contributed by atoms with Gasteiger partial charge in [0, 0.05) is 21.5 Å². The number of rotatable bonds is 2. The molecule has 1 aliphatic heterocycles. The Balaban J connectivity index is 2.18. The van der Waals surface area contributed by atoms with E-state index in [0.717, 1.165) is 35.2 Å². The summed E-state index contributed by atoms with van der Waals surface area (Å²) in [5.74, 6) is 0.477. The van der Waals surface area contributed by atoms with Gasteiger partial charge in [-0.1, -0.05) is 39.1 Å². The number of ether oxygens (including phenoxy) is 1. The van der Waals surface area contributed by atoms with Crippen LogP contribution in [0.25, 0.3) is 0 Å². The largest absolute Gasteiger partial charge is 0.381 e. The zero-order valence-electron chi connectivity index (χ0n) is 8.76. The molecule has 0 N–H and O–H groups in total. The summed E-state index contributed by atoms with van der Waals surface area (Å²) in [6.45, 7) is 1.66. The van der Waals surface area contributed by atoms with Gasteiger partial charge in [-0.2, -0.15) is 0 Å². The van der Waals surface area contributed by atoms with E-state index in [0.29, 0.717) is 5.92 Å². The minimum Gasteiger partial charge on any atom is -0.381 e. The Morgan fingerprint density at radius 3 is 2.88 bits per heavy atom. The first-order valence-corrected chi connectivity index (χ1v) is 7.02. The van der Waals surface area contributed by atoms with Crippen LogP contribution < -0.4 is 0 Å². The van der Waals surface area contributed by atoms with Crippen LogP contribution in [-0.4, -0.2) is 13.2 Å². The Hall–Kier alpha value is 0.240. The van der Waals surface area contributed by atoms with Crippen molar-refractivity contribution in [2.75, 3.05) is 13.2 Å². The Morgan fingerprint density at radius 2 is 2.19 bits per heavy atom. The summed E-state index contributed by atoms with van der Waals surface area (Å²) in [6.07, 6.45) is 2.28. The van der Waals surface area contributed by atoms with Gasteiger partial charge in [0.15, 0.2) is 0 Å². The first-order valence-electron chi connectivity index (χ1n) is 5.35. The smallest absolute Gasteiger partial charge is 0.0508 e. The summed E-state index contributed by atoms with van der Waals surface area (Å²) in [4.78, 5) is 0.221. The van der Waals surface area contributed by atoms with Crippen molar-refractivity contribution in [3.63, 3.8) is 0 Å². The average molecular weight is 324 g/mol. The van der Waals surface area contributed by atoms with Gasteiger partial charge < -0.3 is 4.74 Å². The van der Waals surface area contributed by atoms with E-state index in [1.54, 1.807) is 0 Å². The van der Waals surface area contributed by atoms with Gasteiger partial charge in [0.25, 0.3) is 0 Å². The van der Waals surface area contributed by atoms with Crippen LogP contribution in [0.4, 0.5) is 0 Å². The van der Waals surface area contributed by atoms with Gasteiger partial charge in [0.05, 0.1) is 6.61 Å². The molecule has 0 aliphatic carbocycles. The third-order valence-electron chi connectivity index (χ3n) is 2.86. The summed E-state index contributed by atoms with van der Waals surface area (Å²) < 4.78 is 5.49. The lowest BCUT2D eigenvalue weighted by Gasteiger charge is -2.27. The van der Waals surface area contributed by atoms with Crippen LogP contribution >= 0.6 is 39.1 Å². The van der Waals surface area contributed by atoms with Crippen molar-refractivity contribution >= 4 is 39.1 Å². The maximum Gasteiger partial charge on any atom is 0.0508 e. The molecule has 1 saturated heterocycles. The molecule has 0 amide bonds. The van der Waals surface area contributed by atoms with Crippen LogP contribution in [0.1, 0.15) is 23.2 Å². The van der Waals surface area contributed by atoms with Crippen LogP contribution in [0.3, 0.4) is 0 Å². The van der Waals surface area contributed by atoms with E-state index in [2.05, 4.69) is 15.9 Å². The van der Waals surface area contributed by atoms with Gasteiger partial charge in [-0.25, -0.2) is 0 Å². The van der Waals surface area contributed by atoms with Crippen molar-refractivity contribution in [3.8, 4) is 0 Å². The molecule has 0 saturated carbocycles. The van der Waals surface area contributed by atoms with Gasteiger partial charge in [-0.05, 0) is 42.5 Å². The van der Waals surface area contributed by atoms with Crippen molar-refractivity contribution in [2.24, 2.45) is 5.92 Å². The third-order valence-corrected chi connectivity index (χ3v) is 4.68. The van der Waals surface area contributed by atoms with Crippen molar-refractivity contribution < 1.29 is 4.74 Å². The van der Waals surface area contributed by atoms with E-state index in [-0.39, 0.29) is 4.83 Å². The lowest BCUT2D eigenvalue weighted by molar-refractivity contribution is 0.0546. The van der Waals surface area contributed by atoms with Crippen molar-refractivity contribution in [2.45, 2.75) is 17.7 Å². The number of alkyl halides is 1. The maximum atomic E-state index is 6.18. The van der Waals surface area contributed by atoms with Crippen LogP contribution in [0, 0.1) is 5.92 Å². The van der Waals surface area contributed by atoms with Gasteiger partial charge in [-0.3, -0.25) is 0 Å². The fourth-order valence-electron chi connectivity index (χ4n) is 1.98. The van der Waals surface area contributed by atoms with E-state index < -0.39 is 0 Å². The summed E-state index contributed by atoms with van der Waals surface area (Å²) in [5.41, 5.74) is 1.06. The highest BCUT2D eigenvalue weighted by Gasteiger charge is 2.25. The first kappa shape index (κ1) is 12.7. The highest BCUT2D eigenvalue weighted by molar-refractivity contribution is 9.09. The number of benzene rings is 1. The molecule has 88 valence electrons. The molecule has 1 nitrogen and oxygen atoms in total. The molecular weight excluding hydrogens is 311 g/mol. The normalized spacial score (nSPS) is 23.1. The van der Waals surface area contributed by atoms with Crippen LogP contribution in [0.5, 0.6) is 0 Å².